The van der Waals surface area contributed by atoms with Crippen LogP contribution < -0.4 is 53.6 Å². The molecule has 2 saturated heterocycles. The second kappa shape index (κ2) is 56.8. The molecule has 13 atom stereocenters. The van der Waals surface area contributed by atoms with Crippen LogP contribution in [0.1, 0.15) is 258 Å². The third kappa shape index (κ3) is 40.4. The van der Waals surface area contributed by atoms with Gasteiger partial charge in [0.2, 0.25) is 65.0 Å². The number of unbranched alkanes of at least 4 members (excludes halogenated alkanes) is 14. The minimum absolute atomic E-state index is 0.00873. The van der Waals surface area contributed by atoms with E-state index in [2.05, 4.69) is 54.8 Å². The van der Waals surface area contributed by atoms with E-state index < -0.39 is 225 Å². The van der Waals surface area contributed by atoms with E-state index in [1.54, 1.807) is 38.1 Å². The van der Waals surface area contributed by atoms with Gasteiger partial charge in [0, 0.05) is 93.0 Å². The Hall–Kier alpha value is -8.81. The molecule has 11 amide bonds. The van der Waals surface area contributed by atoms with E-state index in [4.69, 9.17) is 5.73 Å². The number of nitrogens with two attached hydrogens (primary N) is 1. The zero-order valence-corrected chi connectivity index (χ0v) is 72.8. The summed E-state index contributed by atoms with van der Waals surface area (Å²) in [6.45, 7) is 9.31. The number of amides is 11. The van der Waals surface area contributed by atoms with Gasteiger partial charge in [-0.3, -0.25) is 76.7 Å². The number of Topliss-reactive ketones (excluding diaryl/α,β-unsaturated/α-hetero) is 2. The number of thioether (sulfide) groups is 2. The van der Waals surface area contributed by atoms with Crippen molar-refractivity contribution in [1.82, 2.24) is 57.7 Å². The minimum atomic E-state index is -1.96. The highest BCUT2D eigenvalue weighted by Gasteiger charge is 2.43. The standard InChI is InChI=1S/C84H134N12O23S2/c1-7-8-9-10-11-12-13-14-15-16-17-18-19-20-21-30-69(101)86-38-37-70(102)89-59(41-51(2)3)66(98)43-54(31-34-68(85)100)76(110)92-62-49-120-47-56-26-22-23-27-57(56)48-121-50-63(80(114)90-60(42-52(4)5)82(116)96-40-25-29-65(96)84(118)119)93-78(112)58(33-36-73(106)107)88-71(103)46-87-81(115)75(53(6)97)94-77(111)55(32-35-72(104)105)44-67(99)64-28-24-39-95(64)83(117)61(45-74(108)109)91-79(62)113/h22-23,26-27,51-55,58-65,68,75,97,100H,7-21,24-25,28-50,85H2,1-6H3,(H,86,101)(H,87,115)(H,88,103)(H,89,102)(H,90,114)(H,91,113)(H,92,110)(H,93,112)(H,94,111)(H,104,105)(H,106,107)(H,108,109)(H,118,119)/t53-,54-,55-,58+,59+,60+,61+,62+,63+,64+,65+,68?,75+/m1/s1. The lowest BCUT2D eigenvalue weighted by molar-refractivity contribution is -0.149. The fourth-order valence-corrected chi connectivity index (χ4v) is 17.1. The summed E-state index contributed by atoms with van der Waals surface area (Å²) in [7, 11) is 0. The summed E-state index contributed by atoms with van der Waals surface area (Å²) in [5.41, 5.74) is 7.03. The molecule has 4 rings (SSSR count). The van der Waals surface area contributed by atoms with Crippen LogP contribution in [0.2, 0.25) is 0 Å². The van der Waals surface area contributed by atoms with E-state index >= 15 is 4.79 Å². The van der Waals surface area contributed by atoms with Crippen molar-refractivity contribution in [2.45, 2.75) is 325 Å². The van der Waals surface area contributed by atoms with Crippen LogP contribution >= 0.6 is 23.5 Å². The lowest BCUT2D eigenvalue weighted by atomic mass is 9.90. The fourth-order valence-electron chi connectivity index (χ4n) is 14.9. The van der Waals surface area contributed by atoms with E-state index in [-0.39, 0.29) is 118 Å². The molecular weight excluding hydrogens is 1610 g/mol. The van der Waals surface area contributed by atoms with Crippen molar-refractivity contribution in [3.05, 3.63) is 35.4 Å². The Kier molecular flexibility index (Phi) is 49.1. The number of hydrogen-bond donors (Lipinski definition) is 16. The van der Waals surface area contributed by atoms with E-state index in [0.29, 0.717) is 24.0 Å². The first-order valence-corrected chi connectivity index (χ1v) is 45.3. The van der Waals surface area contributed by atoms with Gasteiger partial charge in [0.1, 0.15) is 48.5 Å². The Morgan fingerprint density at radius 1 is 0.595 bits per heavy atom. The molecule has 0 aliphatic carbocycles. The number of ketones is 2. The van der Waals surface area contributed by atoms with Crippen LogP contribution in [0.5, 0.6) is 0 Å². The third-order valence-corrected chi connectivity index (χ3v) is 23.7. The summed E-state index contributed by atoms with van der Waals surface area (Å²) in [5, 5.41) is 84.0. The largest absolute Gasteiger partial charge is 0.481 e. The first kappa shape index (κ1) is 105. The number of carboxylic acids is 4. The lowest BCUT2D eigenvalue weighted by Gasteiger charge is -2.30. The van der Waals surface area contributed by atoms with Gasteiger partial charge in [0.25, 0.3) is 0 Å². The van der Waals surface area contributed by atoms with Crippen molar-refractivity contribution in [2.24, 2.45) is 29.4 Å². The smallest absolute Gasteiger partial charge is 0.326 e. The summed E-state index contributed by atoms with van der Waals surface area (Å²) in [5.74, 6) is -21.3. The second-order valence-corrected chi connectivity index (χ2v) is 34.9. The maximum absolute atomic E-state index is 15.1. The van der Waals surface area contributed by atoms with Gasteiger partial charge in [-0.1, -0.05) is 149 Å². The Bertz CT molecular complexity index is 3590. The maximum atomic E-state index is 15.1. The van der Waals surface area contributed by atoms with Gasteiger partial charge in [0.05, 0.1) is 31.2 Å². The van der Waals surface area contributed by atoms with Gasteiger partial charge < -0.3 is 94.0 Å². The van der Waals surface area contributed by atoms with Crippen LogP contribution in [-0.4, -0.2) is 245 Å². The zero-order valence-electron chi connectivity index (χ0n) is 71.2. The Morgan fingerprint density at radius 2 is 1.17 bits per heavy atom. The van der Waals surface area contributed by atoms with E-state index in [9.17, 15) is 107 Å². The van der Waals surface area contributed by atoms with Crippen LogP contribution in [0, 0.1) is 23.7 Å². The van der Waals surface area contributed by atoms with Crippen molar-refractivity contribution >= 4 is 124 Å². The monoisotopic (exact) mass is 1740 g/mol. The van der Waals surface area contributed by atoms with Crippen LogP contribution in [0.4, 0.5) is 0 Å². The van der Waals surface area contributed by atoms with Crippen LogP contribution in [0.15, 0.2) is 24.3 Å². The molecule has 121 heavy (non-hydrogen) atoms. The van der Waals surface area contributed by atoms with Gasteiger partial charge in [-0.2, -0.15) is 23.5 Å². The molecule has 0 aromatic heterocycles. The lowest BCUT2D eigenvalue weighted by Crippen LogP contribution is -2.59. The number of benzene rings is 1. The summed E-state index contributed by atoms with van der Waals surface area (Å²) in [6, 6.07) is -7.18. The highest BCUT2D eigenvalue weighted by Crippen LogP contribution is 2.29. The van der Waals surface area contributed by atoms with Crippen molar-refractivity contribution in [3.63, 3.8) is 0 Å². The van der Waals surface area contributed by atoms with Crippen LogP contribution in [0.25, 0.3) is 0 Å². The normalized spacial score (nSPS) is 21.6. The SMILES string of the molecule is CCCCCCCCCCCCCCCCCC(=O)NCCC(=O)N[C@@H](CC(C)C)C(=O)C[C@@H](CCC(N)O)C(=O)N[C@H]1CSCc2ccccc2CSC[C@@H](C(=O)N[C@@H](CC(C)C)C(=O)N2CCC[C@H]2C(=O)O)NC(=O)[C@H](CCC(=O)O)NC(=O)CNC(=O)[C@H]([C@@H](C)O)NC(=O)[C@H](CCC(=O)O)CC(=O)[C@@H]2CCCN2C(=O)[C@H](CC(=O)O)NC1=O. The predicted octanol–water partition coefficient (Wildman–Crippen LogP) is 4.40. The number of carboxylic acid groups (broad SMARTS) is 4. The first-order chi connectivity index (χ1) is 57.5. The molecule has 3 heterocycles. The molecule has 3 aliphatic rings. The molecule has 3 aliphatic heterocycles. The Labute approximate surface area is 717 Å². The highest BCUT2D eigenvalue weighted by molar-refractivity contribution is 7.99. The van der Waals surface area contributed by atoms with Crippen molar-refractivity contribution in [3.8, 4) is 0 Å². The maximum Gasteiger partial charge on any atom is 0.326 e. The summed E-state index contributed by atoms with van der Waals surface area (Å²) < 4.78 is 0. The molecule has 1 aromatic rings. The van der Waals surface area contributed by atoms with Gasteiger partial charge in [-0.25, -0.2) is 4.79 Å². The van der Waals surface area contributed by atoms with Crippen LogP contribution in [0.3, 0.4) is 0 Å². The summed E-state index contributed by atoms with van der Waals surface area (Å²) >= 11 is 2.14. The zero-order chi connectivity index (χ0) is 89.7. The number of aliphatic hydroxyl groups excluding tert-OH is 2. The van der Waals surface area contributed by atoms with Crippen LogP contribution in [-0.2, 0) is 93.0 Å². The topological polar surface area (TPSA) is 552 Å². The number of carbonyl (C=O) groups is 17. The van der Waals surface area contributed by atoms with E-state index in [1.807, 2.05) is 13.8 Å². The third-order valence-electron chi connectivity index (χ3n) is 21.6. The minimum Gasteiger partial charge on any atom is -0.481 e. The number of likely N-dealkylation sites (tertiary alicyclic amines) is 1. The fraction of sp³-hybridized carbons (Fsp3) is 0.726. The molecule has 2 fully saturated rings. The molecule has 37 heteroatoms. The molecule has 17 N–H and O–H groups in total. The van der Waals surface area contributed by atoms with Gasteiger partial charge in [0.15, 0.2) is 11.6 Å². The molecule has 1 aromatic carbocycles. The number of aliphatic hydroxyl groups is 2. The molecule has 0 spiro atoms. The van der Waals surface area contributed by atoms with Gasteiger partial charge in [-0.15, -0.1) is 0 Å². The first-order valence-electron chi connectivity index (χ1n) is 43.0. The van der Waals surface area contributed by atoms with Crippen molar-refractivity contribution < 1.29 is 112 Å². The number of rotatable bonds is 45. The number of hydrogen-bond acceptors (Lipinski definition) is 22. The number of carbonyl (C=O) groups excluding carboxylic acids is 13. The quantitative estimate of drug-likeness (QED) is 0.0318. The second-order valence-electron chi connectivity index (χ2n) is 32.8. The molecular formula is C84H134N12O23S2. The average molecular weight is 1740 g/mol. The summed E-state index contributed by atoms with van der Waals surface area (Å²) in [6.07, 6.45) is 9.58. The predicted molar refractivity (Wildman–Crippen MR) is 452 cm³/mol. The molecule has 680 valence electrons. The number of fused-ring (bicyclic) bond motifs is 2. The van der Waals surface area contributed by atoms with Gasteiger partial charge >= 0.3 is 23.9 Å². The molecule has 1 unspecified atom stereocenters. The van der Waals surface area contributed by atoms with Crippen molar-refractivity contribution in [2.75, 3.05) is 37.7 Å². The molecule has 0 bridgehead atoms. The Balaban J connectivity index is 1.73. The molecule has 0 radical (unpaired) electrons. The Morgan fingerprint density at radius 3 is 1.74 bits per heavy atom. The van der Waals surface area contributed by atoms with Crippen molar-refractivity contribution in [1.29, 1.82) is 0 Å². The number of nitrogens with zero attached hydrogens (tertiary/aromatic N) is 2. The number of nitrogens with one attached hydrogen (secondary N) is 9. The average Bonchev–Trinajstić information content (AvgIpc) is 1.71. The highest BCUT2D eigenvalue weighted by atomic mass is 32.2. The molecule has 35 nitrogen and oxygen atoms in total. The van der Waals surface area contributed by atoms with E-state index in [0.717, 1.165) is 65.9 Å². The number of aliphatic carboxylic acids is 4. The molecule has 0 saturated carbocycles. The summed E-state index contributed by atoms with van der Waals surface area (Å²) in [4.78, 5) is 237. The van der Waals surface area contributed by atoms with E-state index in [1.165, 1.54) is 64.2 Å². The van der Waals surface area contributed by atoms with Gasteiger partial charge in [-0.05, 0) is 101 Å².